The molecule has 1 N–H and O–H groups in total. The third-order valence-electron chi connectivity index (χ3n) is 4.10. The number of barbiturate groups is 1. The van der Waals surface area contributed by atoms with Crippen molar-refractivity contribution >= 4 is 57.1 Å². The van der Waals surface area contributed by atoms with Gasteiger partial charge in [-0.05, 0) is 76.8 Å². The van der Waals surface area contributed by atoms with Gasteiger partial charge in [-0.15, -0.1) is 0 Å². The van der Waals surface area contributed by atoms with Gasteiger partial charge in [0.05, 0.1) is 22.3 Å². The van der Waals surface area contributed by atoms with Gasteiger partial charge >= 0.3 is 6.03 Å². The molecule has 28 heavy (non-hydrogen) atoms. The molecule has 8 heteroatoms. The summed E-state index contributed by atoms with van der Waals surface area (Å²) in [7, 11) is 1.48. The minimum Gasteiger partial charge on any atom is -0.494 e. The van der Waals surface area contributed by atoms with Crippen LogP contribution in [-0.4, -0.2) is 25.0 Å². The first kappa shape index (κ1) is 20.1. The lowest BCUT2D eigenvalue weighted by Gasteiger charge is -2.27. The number of carbonyl (C=O) groups is 3. The molecule has 0 radical (unpaired) electrons. The van der Waals surface area contributed by atoms with Gasteiger partial charge < -0.3 is 4.74 Å². The van der Waals surface area contributed by atoms with E-state index in [0.717, 1.165) is 16.0 Å². The van der Waals surface area contributed by atoms with Gasteiger partial charge in [-0.2, -0.15) is 0 Å². The smallest absolute Gasteiger partial charge is 0.335 e. The largest absolute Gasteiger partial charge is 0.494 e. The number of methoxy groups -OCH3 is 1. The van der Waals surface area contributed by atoms with E-state index >= 15 is 0 Å². The van der Waals surface area contributed by atoms with Gasteiger partial charge in [-0.1, -0.05) is 17.7 Å². The van der Waals surface area contributed by atoms with Gasteiger partial charge in [0, 0.05) is 0 Å². The Kier molecular flexibility index (Phi) is 5.58. The lowest BCUT2D eigenvalue weighted by molar-refractivity contribution is -0.122. The first-order valence-corrected chi connectivity index (χ1v) is 9.41. The van der Waals surface area contributed by atoms with E-state index < -0.39 is 17.8 Å². The predicted octanol–water partition coefficient (Wildman–Crippen LogP) is 4.39. The van der Waals surface area contributed by atoms with E-state index in [-0.39, 0.29) is 5.57 Å². The summed E-state index contributed by atoms with van der Waals surface area (Å²) in [6.45, 7) is 3.73. The topological polar surface area (TPSA) is 75.7 Å². The fraction of sp³-hybridized carbons (Fsp3) is 0.150. The number of nitrogens with one attached hydrogen (secondary N) is 1. The molecule has 0 unspecified atom stereocenters. The molecular weight excluding hydrogens is 448 g/mol. The summed E-state index contributed by atoms with van der Waals surface area (Å²) >= 11 is 9.51. The van der Waals surface area contributed by atoms with Gasteiger partial charge in [0.25, 0.3) is 11.8 Å². The highest BCUT2D eigenvalue weighted by Crippen LogP contribution is 2.35. The van der Waals surface area contributed by atoms with Crippen LogP contribution in [0, 0.1) is 13.8 Å². The van der Waals surface area contributed by atoms with Crippen LogP contribution in [0.5, 0.6) is 5.75 Å². The number of urea groups is 1. The number of rotatable bonds is 3. The molecule has 144 valence electrons. The van der Waals surface area contributed by atoms with Crippen LogP contribution in [-0.2, 0) is 9.59 Å². The number of imide groups is 2. The first-order chi connectivity index (χ1) is 13.2. The van der Waals surface area contributed by atoms with Crippen molar-refractivity contribution in [3.63, 3.8) is 0 Å². The Balaban J connectivity index is 2.06. The SMILES string of the molecule is COc1c(Cl)cc(/C=C2\C(=O)NC(=O)N(c3cc(C)cc(C)c3)C2=O)cc1Br. The Morgan fingerprint density at radius 2 is 1.71 bits per heavy atom. The molecule has 1 saturated heterocycles. The second kappa shape index (κ2) is 7.77. The number of carbonyl (C=O) groups excluding carboxylic acids is 3. The maximum absolute atomic E-state index is 13.0. The summed E-state index contributed by atoms with van der Waals surface area (Å²) in [5, 5.41) is 2.52. The molecule has 1 fully saturated rings. The zero-order valence-electron chi connectivity index (χ0n) is 15.3. The summed E-state index contributed by atoms with van der Waals surface area (Å²) in [5.41, 5.74) is 2.51. The molecule has 1 aliphatic heterocycles. The summed E-state index contributed by atoms with van der Waals surface area (Å²) in [6, 6.07) is 7.78. The maximum Gasteiger partial charge on any atom is 0.335 e. The molecule has 0 spiro atoms. The number of halogens is 2. The van der Waals surface area contributed by atoms with Crippen LogP contribution in [0.15, 0.2) is 40.4 Å². The second-order valence-electron chi connectivity index (χ2n) is 6.32. The molecule has 2 aromatic rings. The summed E-state index contributed by atoms with van der Waals surface area (Å²) in [5.74, 6) is -1.03. The van der Waals surface area contributed by atoms with Crippen molar-refractivity contribution < 1.29 is 19.1 Å². The molecule has 3 rings (SSSR count). The molecule has 0 saturated carbocycles. The Hall–Kier alpha value is -2.64. The minimum atomic E-state index is -0.786. The lowest BCUT2D eigenvalue weighted by Crippen LogP contribution is -2.54. The molecule has 0 aliphatic carbocycles. The minimum absolute atomic E-state index is 0.174. The normalized spacial score (nSPS) is 15.8. The highest BCUT2D eigenvalue weighted by atomic mass is 79.9. The van der Waals surface area contributed by atoms with Gasteiger partial charge in [-0.3, -0.25) is 14.9 Å². The molecule has 6 nitrogen and oxygen atoms in total. The zero-order chi connectivity index (χ0) is 20.6. The monoisotopic (exact) mass is 462 g/mol. The zero-order valence-corrected chi connectivity index (χ0v) is 17.6. The Bertz CT molecular complexity index is 1010. The van der Waals surface area contributed by atoms with Crippen LogP contribution in [0.2, 0.25) is 5.02 Å². The van der Waals surface area contributed by atoms with Crippen molar-refractivity contribution in [1.29, 1.82) is 0 Å². The van der Waals surface area contributed by atoms with Crippen LogP contribution >= 0.6 is 27.5 Å². The van der Waals surface area contributed by atoms with Gasteiger partial charge in [0.15, 0.2) is 5.75 Å². The number of anilines is 1. The molecule has 2 aromatic carbocycles. The van der Waals surface area contributed by atoms with Crippen LogP contribution < -0.4 is 15.0 Å². The van der Waals surface area contributed by atoms with E-state index in [9.17, 15) is 14.4 Å². The van der Waals surface area contributed by atoms with Crippen LogP contribution in [0.4, 0.5) is 10.5 Å². The fourth-order valence-electron chi connectivity index (χ4n) is 3.00. The third kappa shape index (κ3) is 3.81. The number of hydrogen-bond donors (Lipinski definition) is 1. The van der Waals surface area contributed by atoms with Gasteiger partial charge in [0.1, 0.15) is 5.57 Å². The van der Waals surface area contributed by atoms with Crippen molar-refractivity contribution in [3.8, 4) is 5.75 Å². The highest BCUT2D eigenvalue weighted by Gasteiger charge is 2.37. The average Bonchev–Trinajstić information content (AvgIpc) is 2.57. The van der Waals surface area contributed by atoms with E-state index in [0.29, 0.717) is 26.5 Å². The van der Waals surface area contributed by atoms with E-state index in [1.807, 2.05) is 19.9 Å². The van der Waals surface area contributed by atoms with Crippen molar-refractivity contribution in [3.05, 3.63) is 62.1 Å². The van der Waals surface area contributed by atoms with Crippen molar-refractivity contribution in [2.75, 3.05) is 12.0 Å². The number of aryl methyl sites for hydroxylation is 2. The average molecular weight is 464 g/mol. The molecule has 1 heterocycles. The first-order valence-electron chi connectivity index (χ1n) is 8.24. The molecular formula is C20H16BrClN2O4. The summed E-state index contributed by atoms with van der Waals surface area (Å²) in [6.07, 6.45) is 1.38. The Labute approximate surface area is 175 Å². The van der Waals surface area contributed by atoms with Crippen molar-refractivity contribution in [2.24, 2.45) is 0 Å². The number of hydrogen-bond acceptors (Lipinski definition) is 4. The lowest BCUT2D eigenvalue weighted by atomic mass is 10.1. The molecule has 1 aliphatic rings. The quantitative estimate of drug-likeness (QED) is 0.541. The molecule has 0 atom stereocenters. The van der Waals surface area contributed by atoms with E-state index in [1.54, 1.807) is 24.3 Å². The summed E-state index contributed by atoms with van der Waals surface area (Å²) < 4.78 is 5.75. The van der Waals surface area contributed by atoms with Crippen molar-refractivity contribution in [2.45, 2.75) is 13.8 Å². The van der Waals surface area contributed by atoms with Crippen LogP contribution in [0.1, 0.15) is 16.7 Å². The maximum atomic E-state index is 13.0. The highest BCUT2D eigenvalue weighted by molar-refractivity contribution is 9.10. The van der Waals surface area contributed by atoms with E-state index in [2.05, 4.69) is 21.2 Å². The van der Waals surface area contributed by atoms with E-state index in [1.165, 1.54) is 13.2 Å². The van der Waals surface area contributed by atoms with E-state index in [4.69, 9.17) is 16.3 Å². The number of ether oxygens (including phenoxy) is 1. The van der Waals surface area contributed by atoms with Crippen LogP contribution in [0.3, 0.4) is 0 Å². The fourth-order valence-corrected chi connectivity index (χ4v) is 4.06. The third-order valence-corrected chi connectivity index (χ3v) is 4.97. The van der Waals surface area contributed by atoms with Crippen molar-refractivity contribution in [1.82, 2.24) is 5.32 Å². The Morgan fingerprint density at radius 1 is 1.07 bits per heavy atom. The predicted molar refractivity (Wildman–Crippen MR) is 111 cm³/mol. The molecule has 4 amide bonds. The number of benzene rings is 2. The van der Waals surface area contributed by atoms with Gasteiger partial charge in [-0.25, -0.2) is 9.69 Å². The number of amides is 4. The summed E-state index contributed by atoms with van der Waals surface area (Å²) in [4.78, 5) is 38.6. The second-order valence-corrected chi connectivity index (χ2v) is 7.58. The molecule has 0 aromatic heterocycles. The molecule has 0 bridgehead atoms. The number of nitrogens with zero attached hydrogens (tertiary/aromatic N) is 1. The van der Waals surface area contributed by atoms with Crippen LogP contribution in [0.25, 0.3) is 6.08 Å². The van der Waals surface area contributed by atoms with Gasteiger partial charge in [0.2, 0.25) is 0 Å². The standard InChI is InChI=1S/C20H16BrClN2O4/c1-10-4-11(2)6-13(5-10)24-19(26)14(18(25)23-20(24)27)7-12-8-15(21)17(28-3)16(22)9-12/h4-9H,1-3H3,(H,23,25,27)/b14-7+. The Morgan fingerprint density at radius 3 is 2.29 bits per heavy atom.